The number of nitrogens with zero attached hydrogens (tertiary/aromatic N) is 5. The molecule has 0 radical (unpaired) electrons. The van der Waals surface area contributed by atoms with Crippen LogP contribution in [0.3, 0.4) is 0 Å². The van der Waals surface area contributed by atoms with Crippen molar-refractivity contribution >= 4 is 66.4 Å². The normalized spacial score (nSPS) is 12.7. The van der Waals surface area contributed by atoms with E-state index >= 15 is 0 Å². The first-order chi connectivity index (χ1) is 34.4. The third-order valence-electron chi connectivity index (χ3n) is 14.0. The van der Waals surface area contributed by atoms with E-state index in [9.17, 15) is 0 Å². The zero-order valence-electron chi connectivity index (χ0n) is 39.3. The van der Waals surface area contributed by atoms with Gasteiger partial charge in [0.2, 0.25) is 0 Å². The molecule has 0 N–H and O–H groups in total. The molecule has 0 aliphatic carbocycles. The van der Waals surface area contributed by atoms with Crippen LogP contribution in [0.15, 0.2) is 231 Å². The van der Waals surface area contributed by atoms with E-state index in [0.717, 1.165) is 72.9 Å². The summed E-state index contributed by atoms with van der Waals surface area (Å²) in [6.07, 6.45) is 1.93. The molecule has 0 saturated carbocycles. The summed E-state index contributed by atoms with van der Waals surface area (Å²) in [5, 5.41) is 4.75. The number of benzene rings is 9. The average Bonchev–Trinajstić information content (AvgIpc) is 4.07. The molecule has 0 unspecified atom stereocenters. The second-order valence-electron chi connectivity index (χ2n) is 19.3. The second kappa shape index (κ2) is 16.4. The molecule has 6 nitrogen and oxygen atoms in total. The van der Waals surface area contributed by atoms with Crippen LogP contribution >= 0.6 is 0 Å². The molecule has 3 aromatic heterocycles. The summed E-state index contributed by atoms with van der Waals surface area (Å²) < 4.78 is 11.7. The maximum atomic E-state index is 7.06. The highest BCUT2D eigenvalue weighted by atomic mass is 16.5. The Labute approximate surface area is 407 Å². The summed E-state index contributed by atoms with van der Waals surface area (Å²) in [6, 6.07) is 80.3. The van der Waals surface area contributed by atoms with Crippen molar-refractivity contribution in [3.05, 3.63) is 236 Å². The lowest BCUT2D eigenvalue weighted by molar-refractivity contribution is 0.479. The van der Waals surface area contributed by atoms with Gasteiger partial charge in [-0.05, 0) is 82.8 Å². The molecule has 12 aromatic rings. The first kappa shape index (κ1) is 41.3. The Bertz CT molecular complexity index is 3850. The minimum Gasteiger partial charge on any atom is -0.457 e. The van der Waals surface area contributed by atoms with Gasteiger partial charge in [0.15, 0.2) is 0 Å². The Morgan fingerprint density at radius 1 is 0.414 bits per heavy atom. The summed E-state index contributed by atoms with van der Waals surface area (Å²) in [6.45, 7) is 7.43. The fraction of sp³-hybridized carbons (Fsp3) is 0.0781. The first-order valence-electron chi connectivity index (χ1n) is 24.1. The zero-order valence-corrected chi connectivity index (χ0v) is 39.3. The Balaban J connectivity index is 0.917. The maximum Gasteiger partial charge on any atom is 0.139 e. The summed E-state index contributed by atoms with van der Waals surface area (Å²) >= 11 is 0. The molecule has 0 amide bonds. The predicted octanol–water partition coefficient (Wildman–Crippen LogP) is 16.9. The van der Waals surface area contributed by atoms with Gasteiger partial charge in [0.25, 0.3) is 0 Å². The van der Waals surface area contributed by atoms with E-state index in [1.807, 2.05) is 6.20 Å². The monoisotopic (exact) mass is 903 g/mol. The molecule has 6 heteroatoms. The molecule has 13 rings (SSSR count). The Morgan fingerprint density at radius 3 is 1.57 bits per heavy atom. The van der Waals surface area contributed by atoms with Crippen LogP contribution in [-0.4, -0.2) is 20.8 Å². The number of hydrogen-bond acceptors (Lipinski definition) is 4. The highest BCUT2D eigenvalue weighted by Crippen LogP contribution is 2.51. The molecular formula is C64H49N5O. The van der Waals surface area contributed by atoms with Crippen LogP contribution in [-0.2, 0) is 5.41 Å². The zero-order chi connectivity index (χ0) is 46.9. The molecule has 1 aliphatic heterocycles. The molecule has 0 spiro atoms. The van der Waals surface area contributed by atoms with Crippen molar-refractivity contribution in [2.45, 2.75) is 26.2 Å². The summed E-state index contributed by atoms with van der Waals surface area (Å²) in [5.41, 5.74) is 15.8. The number of aromatic nitrogens is 3. The fourth-order valence-electron chi connectivity index (χ4n) is 10.7. The fourth-order valence-corrected chi connectivity index (χ4v) is 10.7. The molecule has 1 aliphatic rings. The van der Waals surface area contributed by atoms with E-state index in [1.54, 1.807) is 0 Å². The number of ether oxygens (including phenoxy) is 1. The van der Waals surface area contributed by atoms with Crippen LogP contribution in [0.1, 0.15) is 26.3 Å². The van der Waals surface area contributed by atoms with Crippen LogP contribution in [0.5, 0.6) is 11.5 Å². The smallest absolute Gasteiger partial charge is 0.139 e. The third-order valence-corrected chi connectivity index (χ3v) is 14.0. The number of hydrogen-bond donors (Lipinski definition) is 0. The first-order valence-corrected chi connectivity index (χ1v) is 24.1. The topological polar surface area (TPSA) is 38.5 Å². The molecule has 336 valence electrons. The molecule has 0 fully saturated rings. The summed E-state index contributed by atoms with van der Waals surface area (Å²) in [4.78, 5) is 9.97. The predicted molar refractivity (Wildman–Crippen MR) is 291 cm³/mol. The molecule has 0 bridgehead atoms. The molecule has 70 heavy (non-hydrogen) atoms. The van der Waals surface area contributed by atoms with Gasteiger partial charge in [-0.2, -0.15) is 0 Å². The van der Waals surface area contributed by atoms with Crippen LogP contribution in [0.2, 0.25) is 0 Å². The van der Waals surface area contributed by atoms with Crippen molar-refractivity contribution in [3.8, 4) is 45.3 Å². The highest BCUT2D eigenvalue weighted by Gasteiger charge is 2.32. The lowest BCUT2D eigenvalue weighted by Gasteiger charge is -2.28. The van der Waals surface area contributed by atoms with Gasteiger partial charge in [0, 0.05) is 62.8 Å². The lowest BCUT2D eigenvalue weighted by Crippen LogP contribution is -2.25. The minimum absolute atomic E-state index is 0.156. The van der Waals surface area contributed by atoms with Gasteiger partial charge in [-0.15, -0.1) is 0 Å². The van der Waals surface area contributed by atoms with Gasteiger partial charge in [-0.3, -0.25) is 4.57 Å². The summed E-state index contributed by atoms with van der Waals surface area (Å²) in [5.74, 6) is 2.36. The van der Waals surface area contributed by atoms with Gasteiger partial charge in [0.1, 0.15) is 24.0 Å². The van der Waals surface area contributed by atoms with Crippen molar-refractivity contribution in [2.75, 3.05) is 16.5 Å². The Morgan fingerprint density at radius 2 is 0.957 bits per heavy atom. The van der Waals surface area contributed by atoms with E-state index in [4.69, 9.17) is 9.72 Å². The van der Waals surface area contributed by atoms with Crippen molar-refractivity contribution in [2.24, 2.45) is 0 Å². The molecule has 9 aromatic carbocycles. The molecule has 0 saturated heterocycles. The van der Waals surface area contributed by atoms with Gasteiger partial charge in [-0.25, -0.2) is 4.98 Å². The van der Waals surface area contributed by atoms with Crippen molar-refractivity contribution in [1.82, 2.24) is 14.1 Å². The van der Waals surface area contributed by atoms with Gasteiger partial charge < -0.3 is 19.1 Å². The molecular weight excluding hydrogens is 855 g/mol. The van der Waals surface area contributed by atoms with E-state index in [2.05, 4.69) is 264 Å². The lowest BCUT2D eigenvalue weighted by atomic mass is 9.86. The maximum absolute atomic E-state index is 7.06. The van der Waals surface area contributed by atoms with Gasteiger partial charge in [0.05, 0.1) is 44.8 Å². The van der Waals surface area contributed by atoms with E-state index in [1.165, 1.54) is 44.3 Å². The number of rotatable bonds is 8. The quantitative estimate of drug-likeness (QED) is 0.152. The van der Waals surface area contributed by atoms with Crippen LogP contribution in [0.4, 0.5) is 22.7 Å². The second-order valence-corrected chi connectivity index (χ2v) is 19.3. The Kier molecular flexibility index (Phi) is 9.70. The van der Waals surface area contributed by atoms with Crippen LogP contribution in [0, 0.1) is 0 Å². The van der Waals surface area contributed by atoms with Gasteiger partial charge >= 0.3 is 0 Å². The average molecular weight is 904 g/mol. The summed E-state index contributed by atoms with van der Waals surface area (Å²) in [7, 11) is 0. The highest BCUT2D eigenvalue weighted by molar-refractivity contribution is 6.11. The Hall–Kier alpha value is -8.87. The molecule has 4 heterocycles. The molecule has 0 atom stereocenters. The number of anilines is 4. The van der Waals surface area contributed by atoms with Gasteiger partial charge in [-0.1, -0.05) is 166 Å². The van der Waals surface area contributed by atoms with Crippen molar-refractivity contribution in [3.63, 3.8) is 0 Å². The SMILES string of the molecule is CC(C)(C)c1cc(Oc2ccc3c4ccccc4n(-c4cc(-n5c6ccccc6c6ccccc65)ccn4)c3c2)cc(N2CN(c3c(-c4ccccc4)cccc3-c3ccccc3)c3ccccc32)c1. The number of para-hydroxylation sites is 6. The van der Waals surface area contributed by atoms with E-state index in [0.29, 0.717) is 6.67 Å². The van der Waals surface area contributed by atoms with Crippen molar-refractivity contribution < 1.29 is 4.74 Å². The number of fused-ring (bicyclic) bond motifs is 7. The van der Waals surface area contributed by atoms with Crippen LogP contribution < -0.4 is 14.5 Å². The van der Waals surface area contributed by atoms with E-state index in [-0.39, 0.29) is 5.41 Å². The van der Waals surface area contributed by atoms with Crippen molar-refractivity contribution in [1.29, 1.82) is 0 Å². The van der Waals surface area contributed by atoms with Crippen LogP contribution in [0.25, 0.3) is 77.4 Å². The minimum atomic E-state index is -0.156. The largest absolute Gasteiger partial charge is 0.457 e. The standard InChI is InChI=1S/C64H49N5O/c1-64(2,3)45-37-47(66-42-67(60-32-17-16-31-59(60)66)63-50(43-19-6-4-7-20-43)26-18-27-51(63)44-21-8-5-9-22-44)39-49(38-45)70-48-33-34-55-54-25-12-15-30-58(54)69(61(55)41-48)62-40-46(35-36-65-62)68-56-28-13-10-23-52(56)53-24-11-14-29-57(53)68/h4-41H,42H2,1-3H3. The van der Waals surface area contributed by atoms with E-state index < -0.39 is 0 Å². The number of pyridine rings is 1. The third kappa shape index (κ3) is 6.90.